The number of methoxy groups -OCH3 is 1. The van der Waals surface area contributed by atoms with E-state index in [0.29, 0.717) is 19.5 Å². The van der Waals surface area contributed by atoms with Gasteiger partial charge in [-0.05, 0) is 18.7 Å². The molecule has 0 aliphatic carbocycles. The van der Waals surface area contributed by atoms with Crippen LogP contribution in [0, 0.1) is 0 Å². The number of piperazine rings is 1. The van der Waals surface area contributed by atoms with Crippen molar-refractivity contribution in [2.75, 3.05) is 51.8 Å². The molecule has 124 valence electrons. The fourth-order valence-corrected chi connectivity index (χ4v) is 2.94. The van der Waals surface area contributed by atoms with E-state index in [1.807, 2.05) is 0 Å². The number of ether oxygens (including phenoxy) is 1. The standard InChI is InChI=1S/C16H23N5O2/c1-12(23-3)16(22)21-5-4-14-13(11-21)10-15(18-17-14)20-8-6-19(2)7-9-20/h10H,1,4-9,11H2,2-3H3. The van der Waals surface area contributed by atoms with Crippen molar-refractivity contribution < 1.29 is 9.53 Å². The molecular weight excluding hydrogens is 294 g/mol. The van der Waals surface area contributed by atoms with E-state index in [2.05, 4.69) is 39.7 Å². The summed E-state index contributed by atoms with van der Waals surface area (Å²) in [6.45, 7) is 8.76. The molecule has 7 nitrogen and oxygen atoms in total. The molecule has 2 aliphatic heterocycles. The summed E-state index contributed by atoms with van der Waals surface area (Å²) in [5, 5.41) is 8.75. The summed E-state index contributed by atoms with van der Waals surface area (Å²) in [6.07, 6.45) is 0.716. The molecule has 0 spiro atoms. The number of carbonyl (C=O) groups is 1. The Morgan fingerprint density at radius 3 is 2.65 bits per heavy atom. The first kappa shape index (κ1) is 15.7. The van der Waals surface area contributed by atoms with Gasteiger partial charge in [-0.3, -0.25) is 4.79 Å². The van der Waals surface area contributed by atoms with E-state index in [0.717, 1.165) is 43.3 Å². The van der Waals surface area contributed by atoms with Gasteiger partial charge in [-0.1, -0.05) is 6.58 Å². The first-order chi connectivity index (χ1) is 11.1. The molecule has 0 aromatic carbocycles. The van der Waals surface area contributed by atoms with Crippen LogP contribution in [0.2, 0.25) is 0 Å². The van der Waals surface area contributed by atoms with Crippen molar-refractivity contribution in [1.29, 1.82) is 0 Å². The molecule has 1 aromatic heterocycles. The number of rotatable bonds is 3. The largest absolute Gasteiger partial charge is 0.492 e. The van der Waals surface area contributed by atoms with Gasteiger partial charge in [-0.2, -0.15) is 5.10 Å². The zero-order chi connectivity index (χ0) is 16.4. The number of hydrogen-bond acceptors (Lipinski definition) is 6. The summed E-state index contributed by atoms with van der Waals surface area (Å²) in [5.41, 5.74) is 2.05. The Labute approximate surface area is 136 Å². The van der Waals surface area contributed by atoms with E-state index >= 15 is 0 Å². The smallest absolute Gasteiger partial charge is 0.288 e. The summed E-state index contributed by atoms with van der Waals surface area (Å²) >= 11 is 0. The van der Waals surface area contributed by atoms with Gasteiger partial charge in [0.25, 0.3) is 5.91 Å². The minimum atomic E-state index is -0.156. The van der Waals surface area contributed by atoms with Crippen LogP contribution in [0.5, 0.6) is 0 Å². The van der Waals surface area contributed by atoms with Crippen LogP contribution in [-0.4, -0.2) is 72.8 Å². The maximum absolute atomic E-state index is 12.2. The highest BCUT2D eigenvalue weighted by Gasteiger charge is 2.25. The predicted octanol–water partition coefficient (Wildman–Crippen LogP) is 0.273. The molecule has 23 heavy (non-hydrogen) atoms. The summed E-state index contributed by atoms with van der Waals surface area (Å²) in [7, 11) is 3.59. The number of aromatic nitrogens is 2. The Balaban J connectivity index is 1.75. The molecule has 1 aromatic rings. The van der Waals surface area contributed by atoms with Crippen LogP contribution in [0.3, 0.4) is 0 Å². The minimum Gasteiger partial charge on any atom is -0.492 e. The lowest BCUT2D eigenvalue weighted by Gasteiger charge is -2.34. The van der Waals surface area contributed by atoms with Crippen LogP contribution in [-0.2, 0) is 22.5 Å². The molecule has 7 heteroatoms. The van der Waals surface area contributed by atoms with E-state index in [1.165, 1.54) is 7.11 Å². The van der Waals surface area contributed by atoms with Crippen molar-refractivity contribution in [3.63, 3.8) is 0 Å². The second-order valence-electron chi connectivity index (χ2n) is 6.07. The Morgan fingerprint density at radius 2 is 1.96 bits per heavy atom. The van der Waals surface area contributed by atoms with Crippen LogP contribution in [0.25, 0.3) is 0 Å². The lowest BCUT2D eigenvalue weighted by Crippen LogP contribution is -2.45. The third-order valence-electron chi connectivity index (χ3n) is 4.53. The van der Waals surface area contributed by atoms with Crippen LogP contribution in [0.1, 0.15) is 11.3 Å². The molecule has 3 rings (SSSR count). The average molecular weight is 317 g/mol. The molecule has 0 bridgehead atoms. The van der Waals surface area contributed by atoms with Crippen molar-refractivity contribution in [2.24, 2.45) is 0 Å². The van der Waals surface area contributed by atoms with Crippen LogP contribution >= 0.6 is 0 Å². The van der Waals surface area contributed by atoms with E-state index < -0.39 is 0 Å². The maximum Gasteiger partial charge on any atom is 0.288 e. The van der Waals surface area contributed by atoms with Gasteiger partial charge in [0.1, 0.15) is 0 Å². The summed E-state index contributed by atoms with van der Waals surface area (Å²) in [6, 6.07) is 2.07. The Kier molecular flexibility index (Phi) is 4.47. The fourth-order valence-electron chi connectivity index (χ4n) is 2.94. The zero-order valence-corrected chi connectivity index (χ0v) is 13.8. The van der Waals surface area contributed by atoms with Crippen molar-refractivity contribution in [3.8, 4) is 0 Å². The number of nitrogens with zero attached hydrogens (tertiary/aromatic N) is 5. The maximum atomic E-state index is 12.2. The molecule has 0 N–H and O–H groups in total. The second kappa shape index (κ2) is 6.54. The number of fused-ring (bicyclic) bond motifs is 1. The molecule has 1 fully saturated rings. The van der Waals surface area contributed by atoms with Gasteiger partial charge in [0, 0.05) is 45.7 Å². The molecule has 1 saturated heterocycles. The van der Waals surface area contributed by atoms with Crippen molar-refractivity contribution >= 4 is 11.7 Å². The number of carbonyl (C=O) groups excluding carboxylic acids is 1. The van der Waals surface area contributed by atoms with Gasteiger partial charge in [0.15, 0.2) is 11.6 Å². The molecule has 0 radical (unpaired) electrons. The highest BCUT2D eigenvalue weighted by molar-refractivity contribution is 5.91. The normalized spacial score (nSPS) is 18.5. The minimum absolute atomic E-state index is 0.156. The summed E-state index contributed by atoms with van der Waals surface area (Å²) < 4.78 is 4.96. The average Bonchev–Trinajstić information content (AvgIpc) is 2.60. The quantitative estimate of drug-likeness (QED) is 0.589. The van der Waals surface area contributed by atoms with Gasteiger partial charge in [-0.15, -0.1) is 5.10 Å². The second-order valence-corrected chi connectivity index (χ2v) is 6.07. The van der Waals surface area contributed by atoms with Gasteiger partial charge in [0.05, 0.1) is 12.8 Å². The molecular formula is C16H23N5O2. The van der Waals surface area contributed by atoms with Crippen molar-refractivity contribution in [2.45, 2.75) is 13.0 Å². The van der Waals surface area contributed by atoms with Gasteiger partial charge >= 0.3 is 0 Å². The molecule has 0 saturated carbocycles. The third-order valence-corrected chi connectivity index (χ3v) is 4.53. The number of amides is 1. The topological polar surface area (TPSA) is 61.8 Å². The Hall–Kier alpha value is -2.15. The highest BCUT2D eigenvalue weighted by atomic mass is 16.5. The zero-order valence-electron chi connectivity index (χ0n) is 13.8. The van der Waals surface area contributed by atoms with Gasteiger partial charge in [0.2, 0.25) is 0 Å². The van der Waals surface area contributed by atoms with Crippen LogP contribution < -0.4 is 4.90 Å². The van der Waals surface area contributed by atoms with Crippen LogP contribution in [0.15, 0.2) is 18.4 Å². The van der Waals surface area contributed by atoms with Crippen molar-refractivity contribution in [1.82, 2.24) is 20.0 Å². The lowest BCUT2D eigenvalue weighted by atomic mass is 10.1. The van der Waals surface area contributed by atoms with Gasteiger partial charge < -0.3 is 19.4 Å². The molecule has 2 aliphatic rings. The fraction of sp³-hybridized carbons (Fsp3) is 0.562. The highest BCUT2D eigenvalue weighted by Crippen LogP contribution is 2.22. The predicted molar refractivity (Wildman–Crippen MR) is 87.0 cm³/mol. The monoisotopic (exact) mass is 317 g/mol. The molecule has 1 amide bonds. The van der Waals surface area contributed by atoms with Gasteiger partial charge in [-0.25, -0.2) is 0 Å². The third kappa shape index (κ3) is 3.29. The Bertz CT molecular complexity index is 610. The molecule has 3 heterocycles. The number of anilines is 1. The molecule has 0 unspecified atom stereocenters. The Morgan fingerprint density at radius 1 is 1.22 bits per heavy atom. The number of hydrogen-bond donors (Lipinski definition) is 0. The van der Waals surface area contributed by atoms with E-state index in [1.54, 1.807) is 4.90 Å². The number of likely N-dealkylation sites (N-methyl/N-ethyl adjacent to an activating group) is 1. The van der Waals surface area contributed by atoms with E-state index in [4.69, 9.17) is 4.74 Å². The first-order valence-corrected chi connectivity index (χ1v) is 7.89. The molecule has 0 atom stereocenters. The van der Waals surface area contributed by atoms with E-state index in [9.17, 15) is 4.79 Å². The summed E-state index contributed by atoms with van der Waals surface area (Å²) in [4.78, 5) is 18.5. The van der Waals surface area contributed by atoms with Crippen molar-refractivity contribution in [3.05, 3.63) is 29.7 Å². The SMILES string of the molecule is C=C(OC)C(=O)N1CCc2nnc(N3CCN(C)CC3)cc2C1. The van der Waals surface area contributed by atoms with E-state index in [-0.39, 0.29) is 11.7 Å². The summed E-state index contributed by atoms with van der Waals surface area (Å²) in [5.74, 6) is 0.919. The van der Waals surface area contributed by atoms with Crippen LogP contribution in [0.4, 0.5) is 5.82 Å². The lowest BCUT2D eigenvalue weighted by molar-refractivity contribution is -0.131. The first-order valence-electron chi connectivity index (χ1n) is 7.89.